The van der Waals surface area contributed by atoms with Crippen molar-refractivity contribution in [3.63, 3.8) is 0 Å². The maximum absolute atomic E-state index is 4.34. The normalized spacial score (nSPS) is 17.6. The number of anilines is 1. The van der Waals surface area contributed by atoms with E-state index in [0.29, 0.717) is 6.04 Å². The van der Waals surface area contributed by atoms with Gasteiger partial charge in [-0.2, -0.15) is 5.10 Å². The SMILES string of the molecule is CN(Cc1cn(-c2ccccc2)nn1)[C@@H]1CCCN(c2cccnn2)C1. The maximum Gasteiger partial charge on any atom is 0.151 e. The summed E-state index contributed by atoms with van der Waals surface area (Å²) in [7, 11) is 2.16. The van der Waals surface area contributed by atoms with E-state index in [-0.39, 0.29) is 0 Å². The van der Waals surface area contributed by atoms with Gasteiger partial charge in [0.05, 0.1) is 17.6 Å². The molecule has 0 spiro atoms. The Balaban J connectivity index is 1.40. The van der Waals surface area contributed by atoms with Crippen LogP contribution in [0, 0.1) is 0 Å². The molecule has 0 amide bonds. The lowest BCUT2D eigenvalue weighted by molar-refractivity contribution is 0.205. The fraction of sp³-hybridized carbons (Fsp3) is 0.368. The molecule has 1 saturated heterocycles. The smallest absolute Gasteiger partial charge is 0.151 e. The van der Waals surface area contributed by atoms with Gasteiger partial charge in [-0.25, -0.2) is 4.68 Å². The van der Waals surface area contributed by atoms with E-state index in [2.05, 4.69) is 37.4 Å². The molecule has 7 heteroatoms. The largest absolute Gasteiger partial charge is 0.354 e. The minimum Gasteiger partial charge on any atom is -0.354 e. The van der Waals surface area contributed by atoms with Gasteiger partial charge in [0.25, 0.3) is 0 Å². The zero-order valence-corrected chi connectivity index (χ0v) is 14.9. The summed E-state index contributed by atoms with van der Waals surface area (Å²) in [6.07, 6.45) is 6.06. The van der Waals surface area contributed by atoms with Crippen LogP contribution in [0.25, 0.3) is 5.69 Å². The summed E-state index contributed by atoms with van der Waals surface area (Å²) in [6.45, 7) is 2.78. The first-order valence-electron chi connectivity index (χ1n) is 8.99. The Morgan fingerprint density at radius 3 is 2.81 bits per heavy atom. The average molecular weight is 349 g/mol. The minimum absolute atomic E-state index is 0.465. The second kappa shape index (κ2) is 7.61. The monoisotopic (exact) mass is 349 g/mol. The van der Waals surface area contributed by atoms with E-state index in [0.717, 1.165) is 43.3 Å². The molecule has 1 aliphatic heterocycles. The van der Waals surface area contributed by atoms with E-state index < -0.39 is 0 Å². The van der Waals surface area contributed by atoms with Crippen LogP contribution in [0.5, 0.6) is 0 Å². The quantitative estimate of drug-likeness (QED) is 0.703. The zero-order valence-electron chi connectivity index (χ0n) is 14.9. The Hall–Kier alpha value is -2.80. The molecule has 0 radical (unpaired) electrons. The number of rotatable bonds is 5. The van der Waals surface area contributed by atoms with Crippen LogP contribution in [0.1, 0.15) is 18.5 Å². The first-order chi connectivity index (χ1) is 12.8. The van der Waals surface area contributed by atoms with E-state index >= 15 is 0 Å². The van der Waals surface area contributed by atoms with Gasteiger partial charge >= 0.3 is 0 Å². The van der Waals surface area contributed by atoms with Crippen molar-refractivity contribution in [3.8, 4) is 5.69 Å². The number of nitrogens with zero attached hydrogens (tertiary/aromatic N) is 7. The summed E-state index contributed by atoms with van der Waals surface area (Å²) in [5.41, 5.74) is 2.01. The Labute approximate surface area is 153 Å². The number of benzene rings is 1. The van der Waals surface area contributed by atoms with Crippen molar-refractivity contribution in [2.45, 2.75) is 25.4 Å². The highest BCUT2D eigenvalue weighted by molar-refractivity contribution is 5.37. The third-order valence-electron chi connectivity index (χ3n) is 4.88. The van der Waals surface area contributed by atoms with Crippen LogP contribution in [-0.2, 0) is 6.54 Å². The van der Waals surface area contributed by atoms with Gasteiger partial charge in [-0.15, -0.1) is 10.2 Å². The number of likely N-dealkylation sites (N-methyl/N-ethyl adjacent to an activating group) is 1. The van der Waals surface area contributed by atoms with E-state index in [1.165, 1.54) is 6.42 Å². The number of hydrogen-bond donors (Lipinski definition) is 0. The second-order valence-corrected chi connectivity index (χ2v) is 6.73. The summed E-state index contributed by atoms with van der Waals surface area (Å²) < 4.78 is 1.83. The summed E-state index contributed by atoms with van der Waals surface area (Å²) in [4.78, 5) is 4.68. The van der Waals surface area contributed by atoms with Crippen molar-refractivity contribution in [3.05, 3.63) is 60.6 Å². The molecule has 0 unspecified atom stereocenters. The molecule has 26 heavy (non-hydrogen) atoms. The molecule has 134 valence electrons. The lowest BCUT2D eigenvalue weighted by Crippen LogP contribution is -2.46. The van der Waals surface area contributed by atoms with Gasteiger partial charge in [0.15, 0.2) is 5.82 Å². The first-order valence-corrected chi connectivity index (χ1v) is 8.99. The molecule has 3 heterocycles. The van der Waals surface area contributed by atoms with Gasteiger partial charge < -0.3 is 4.90 Å². The number of hydrogen-bond acceptors (Lipinski definition) is 6. The molecule has 0 aliphatic carbocycles. The predicted octanol–water partition coefficient (Wildman–Crippen LogP) is 2.16. The molecular weight excluding hydrogens is 326 g/mol. The minimum atomic E-state index is 0.465. The fourth-order valence-electron chi connectivity index (χ4n) is 3.45. The van der Waals surface area contributed by atoms with Crippen LogP contribution in [0.4, 0.5) is 5.82 Å². The van der Waals surface area contributed by atoms with Crippen molar-refractivity contribution in [2.75, 3.05) is 25.0 Å². The molecule has 1 aliphatic rings. The average Bonchev–Trinajstić information content (AvgIpc) is 3.18. The number of piperidine rings is 1. The standard InChI is InChI=1S/C19H23N7/c1-24(13-16-14-26(23-21-16)17-7-3-2-4-8-17)18-9-6-12-25(15-18)19-10-5-11-20-22-19/h2-5,7-8,10-11,14,18H,6,9,12-13,15H2,1H3/t18-/m1/s1. The highest BCUT2D eigenvalue weighted by Gasteiger charge is 2.24. The maximum atomic E-state index is 4.34. The summed E-state index contributed by atoms with van der Waals surface area (Å²) in [6, 6.07) is 14.5. The van der Waals surface area contributed by atoms with Crippen molar-refractivity contribution in [2.24, 2.45) is 0 Å². The van der Waals surface area contributed by atoms with Gasteiger partial charge in [0, 0.05) is 31.9 Å². The Kier molecular flexibility index (Phi) is 4.88. The Bertz CT molecular complexity index is 818. The van der Waals surface area contributed by atoms with Gasteiger partial charge in [-0.3, -0.25) is 4.90 Å². The van der Waals surface area contributed by atoms with E-state index in [4.69, 9.17) is 0 Å². The molecule has 2 aromatic heterocycles. The molecule has 0 bridgehead atoms. The van der Waals surface area contributed by atoms with E-state index in [1.807, 2.05) is 53.3 Å². The van der Waals surface area contributed by atoms with Crippen LogP contribution in [-0.4, -0.2) is 56.3 Å². The molecule has 0 N–H and O–H groups in total. The lowest BCUT2D eigenvalue weighted by atomic mass is 10.0. The fourth-order valence-corrected chi connectivity index (χ4v) is 3.45. The highest BCUT2D eigenvalue weighted by Crippen LogP contribution is 2.20. The number of aromatic nitrogens is 5. The molecular formula is C19H23N7. The van der Waals surface area contributed by atoms with E-state index in [1.54, 1.807) is 6.20 Å². The molecule has 4 rings (SSSR count). The third kappa shape index (κ3) is 3.72. The van der Waals surface area contributed by atoms with Crippen LogP contribution in [0.2, 0.25) is 0 Å². The lowest BCUT2D eigenvalue weighted by Gasteiger charge is -2.37. The molecule has 7 nitrogen and oxygen atoms in total. The van der Waals surface area contributed by atoms with Crippen LogP contribution in [0.3, 0.4) is 0 Å². The van der Waals surface area contributed by atoms with Crippen molar-refractivity contribution >= 4 is 5.82 Å². The van der Waals surface area contributed by atoms with Crippen LogP contribution < -0.4 is 4.90 Å². The van der Waals surface area contributed by atoms with Gasteiger partial charge in [-0.05, 0) is 44.2 Å². The highest BCUT2D eigenvalue weighted by atomic mass is 15.4. The van der Waals surface area contributed by atoms with Crippen molar-refractivity contribution < 1.29 is 0 Å². The summed E-state index contributed by atoms with van der Waals surface area (Å²) >= 11 is 0. The van der Waals surface area contributed by atoms with E-state index in [9.17, 15) is 0 Å². The van der Waals surface area contributed by atoms with Gasteiger partial charge in [0.1, 0.15) is 0 Å². The molecule has 0 saturated carbocycles. The molecule has 3 aromatic rings. The van der Waals surface area contributed by atoms with Crippen LogP contribution in [0.15, 0.2) is 54.9 Å². The molecule has 1 fully saturated rings. The summed E-state index contributed by atoms with van der Waals surface area (Å²) in [5.74, 6) is 0.959. The van der Waals surface area contributed by atoms with Crippen LogP contribution >= 0.6 is 0 Å². The predicted molar refractivity (Wildman–Crippen MR) is 100 cm³/mol. The third-order valence-corrected chi connectivity index (χ3v) is 4.88. The van der Waals surface area contributed by atoms with Gasteiger partial charge in [0.2, 0.25) is 0 Å². The second-order valence-electron chi connectivity index (χ2n) is 6.73. The zero-order chi connectivity index (χ0) is 17.8. The topological polar surface area (TPSA) is 63.0 Å². The van der Waals surface area contributed by atoms with Crippen molar-refractivity contribution in [1.82, 2.24) is 30.1 Å². The first kappa shape index (κ1) is 16.7. The summed E-state index contributed by atoms with van der Waals surface area (Å²) in [5, 5.41) is 16.8. The molecule has 1 atom stereocenters. The van der Waals surface area contributed by atoms with Crippen molar-refractivity contribution in [1.29, 1.82) is 0 Å². The Morgan fingerprint density at radius 1 is 1.12 bits per heavy atom. The molecule has 1 aromatic carbocycles. The van der Waals surface area contributed by atoms with Gasteiger partial charge in [-0.1, -0.05) is 23.4 Å². The Morgan fingerprint density at radius 2 is 2.00 bits per heavy atom. The number of para-hydroxylation sites is 1.